The van der Waals surface area contributed by atoms with Crippen molar-refractivity contribution in [1.29, 1.82) is 0 Å². The van der Waals surface area contributed by atoms with Gasteiger partial charge < -0.3 is 10.4 Å². The lowest BCUT2D eigenvalue weighted by Crippen LogP contribution is -2.43. The van der Waals surface area contributed by atoms with Gasteiger partial charge in [0, 0.05) is 12.1 Å². The molecule has 0 aromatic heterocycles. The first kappa shape index (κ1) is 15.1. The van der Waals surface area contributed by atoms with Crippen molar-refractivity contribution in [2.45, 2.75) is 52.3 Å². The first-order valence-electron chi connectivity index (χ1n) is 6.65. The van der Waals surface area contributed by atoms with Gasteiger partial charge in [0.15, 0.2) is 0 Å². The van der Waals surface area contributed by atoms with E-state index in [9.17, 15) is 9.50 Å². The molecule has 0 bridgehead atoms. The Bertz CT molecular complexity index is 350. The number of hydrogen-bond acceptors (Lipinski definition) is 2. The molecule has 0 heterocycles. The first-order valence-corrected chi connectivity index (χ1v) is 6.65. The number of hydrogen-bond donors (Lipinski definition) is 2. The third kappa shape index (κ3) is 4.07. The summed E-state index contributed by atoms with van der Waals surface area (Å²) in [4.78, 5) is 0. The molecule has 0 amide bonds. The molecule has 1 rings (SSSR count). The van der Waals surface area contributed by atoms with Gasteiger partial charge in [-0.05, 0) is 37.0 Å². The van der Waals surface area contributed by atoms with Crippen LogP contribution in [0.25, 0.3) is 0 Å². The molecule has 0 saturated heterocycles. The van der Waals surface area contributed by atoms with Crippen LogP contribution in [0.1, 0.15) is 45.8 Å². The molecule has 3 unspecified atom stereocenters. The number of rotatable bonds is 6. The Hall–Kier alpha value is -0.930. The Morgan fingerprint density at radius 1 is 1.17 bits per heavy atom. The van der Waals surface area contributed by atoms with Crippen LogP contribution in [0.15, 0.2) is 24.3 Å². The Labute approximate surface area is 109 Å². The molecule has 0 aliphatic heterocycles. The maximum absolute atomic E-state index is 12.9. The minimum Gasteiger partial charge on any atom is -0.387 e. The van der Waals surface area contributed by atoms with E-state index in [0.717, 1.165) is 12.0 Å². The van der Waals surface area contributed by atoms with E-state index < -0.39 is 6.10 Å². The van der Waals surface area contributed by atoms with Crippen molar-refractivity contribution in [3.8, 4) is 0 Å². The predicted octanol–water partition coefficient (Wildman–Crippen LogP) is 3.27. The Morgan fingerprint density at radius 3 is 2.17 bits per heavy atom. The summed E-state index contributed by atoms with van der Waals surface area (Å²) in [5, 5.41) is 13.8. The minimum absolute atomic E-state index is 0.0228. The highest BCUT2D eigenvalue weighted by molar-refractivity contribution is 5.20. The molecular formula is C15H24FNO. The van der Waals surface area contributed by atoms with E-state index in [4.69, 9.17) is 0 Å². The summed E-state index contributed by atoms with van der Waals surface area (Å²) < 4.78 is 12.9. The molecule has 0 fully saturated rings. The van der Waals surface area contributed by atoms with Gasteiger partial charge in [0.2, 0.25) is 0 Å². The van der Waals surface area contributed by atoms with Crippen molar-refractivity contribution in [3.63, 3.8) is 0 Å². The van der Waals surface area contributed by atoms with Crippen molar-refractivity contribution in [2.24, 2.45) is 5.92 Å². The summed E-state index contributed by atoms with van der Waals surface area (Å²) >= 11 is 0. The largest absolute Gasteiger partial charge is 0.387 e. The average molecular weight is 253 g/mol. The molecule has 1 aromatic carbocycles. The second-order valence-electron chi connectivity index (χ2n) is 5.24. The highest BCUT2D eigenvalue weighted by Crippen LogP contribution is 2.22. The summed E-state index contributed by atoms with van der Waals surface area (Å²) in [6.45, 7) is 8.37. The number of benzene rings is 1. The molecule has 2 N–H and O–H groups in total. The molecule has 1 aromatic rings. The van der Waals surface area contributed by atoms with E-state index in [0.29, 0.717) is 12.0 Å². The van der Waals surface area contributed by atoms with Gasteiger partial charge in [-0.1, -0.05) is 32.9 Å². The molecular weight excluding hydrogens is 229 g/mol. The Morgan fingerprint density at radius 2 is 1.72 bits per heavy atom. The van der Waals surface area contributed by atoms with E-state index >= 15 is 0 Å². The first-order chi connectivity index (χ1) is 8.45. The van der Waals surface area contributed by atoms with Crippen LogP contribution in [-0.2, 0) is 0 Å². The topological polar surface area (TPSA) is 32.3 Å². The Kier molecular flexibility index (Phi) is 5.76. The highest BCUT2D eigenvalue weighted by atomic mass is 19.1. The van der Waals surface area contributed by atoms with Crippen LogP contribution in [0, 0.1) is 11.7 Å². The van der Waals surface area contributed by atoms with Crippen LogP contribution in [0.4, 0.5) is 4.39 Å². The zero-order chi connectivity index (χ0) is 13.7. The van der Waals surface area contributed by atoms with Crippen LogP contribution in [0.2, 0.25) is 0 Å². The summed E-state index contributed by atoms with van der Waals surface area (Å²) in [6.07, 6.45) is 0.402. The molecule has 0 saturated carbocycles. The summed E-state index contributed by atoms with van der Waals surface area (Å²) in [5.74, 6) is 0.0287. The lowest BCUT2D eigenvalue weighted by atomic mass is 9.92. The fourth-order valence-electron chi connectivity index (χ4n) is 1.96. The molecule has 0 spiro atoms. The third-order valence-electron chi connectivity index (χ3n) is 3.36. The lowest BCUT2D eigenvalue weighted by molar-refractivity contribution is 0.0985. The number of aliphatic hydroxyl groups excluding tert-OH is 1. The van der Waals surface area contributed by atoms with E-state index in [-0.39, 0.29) is 11.9 Å². The van der Waals surface area contributed by atoms with E-state index in [1.54, 1.807) is 12.1 Å². The zero-order valence-corrected chi connectivity index (χ0v) is 11.7. The number of nitrogens with one attached hydrogen (secondary N) is 1. The monoisotopic (exact) mass is 253 g/mol. The van der Waals surface area contributed by atoms with Gasteiger partial charge in [0.1, 0.15) is 5.82 Å². The van der Waals surface area contributed by atoms with Crippen molar-refractivity contribution >= 4 is 0 Å². The van der Waals surface area contributed by atoms with Gasteiger partial charge in [0.05, 0.1) is 6.10 Å². The molecule has 18 heavy (non-hydrogen) atoms. The average Bonchev–Trinajstić information content (AvgIpc) is 2.35. The maximum Gasteiger partial charge on any atom is 0.123 e. The van der Waals surface area contributed by atoms with Gasteiger partial charge in [-0.3, -0.25) is 0 Å². The van der Waals surface area contributed by atoms with E-state index in [1.807, 2.05) is 0 Å². The number of aliphatic hydroxyl groups is 1. The summed E-state index contributed by atoms with van der Waals surface area (Å²) in [5.41, 5.74) is 0.755. The second kappa shape index (κ2) is 6.86. The third-order valence-corrected chi connectivity index (χ3v) is 3.36. The Balaban J connectivity index is 2.82. The summed E-state index contributed by atoms with van der Waals surface area (Å²) in [7, 11) is 0. The minimum atomic E-state index is -0.611. The molecule has 2 nitrogen and oxygen atoms in total. The van der Waals surface area contributed by atoms with Crippen molar-refractivity contribution in [1.82, 2.24) is 5.32 Å². The standard InChI is InChI=1S/C15H24FNO/c1-5-11(4)17-14(10(2)3)15(18)12-6-8-13(16)9-7-12/h6-11,14-15,17-18H,5H2,1-4H3. The van der Waals surface area contributed by atoms with Crippen LogP contribution in [0.3, 0.4) is 0 Å². The smallest absolute Gasteiger partial charge is 0.123 e. The van der Waals surface area contributed by atoms with Gasteiger partial charge in [0.25, 0.3) is 0 Å². The normalized spacial score (nSPS) is 16.6. The van der Waals surface area contributed by atoms with Gasteiger partial charge in [-0.2, -0.15) is 0 Å². The zero-order valence-electron chi connectivity index (χ0n) is 11.7. The van der Waals surface area contributed by atoms with Gasteiger partial charge in [-0.15, -0.1) is 0 Å². The molecule has 3 heteroatoms. The van der Waals surface area contributed by atoms with Gasteiger partial charge >= 0.3 is 0 Å². The molecule has 0 radical (unpaired) electrons. The van der Waals surface area contributed by atoms with Crippen molar-refractivity contribution < 1.29 is 9.50 Å². The highest BCUT2D eigenvalue weighted by Gasteiger charge is 2.24. The lowest BCUT2D eigenvalue weighted by Gasteiger charge is -2.30. The molecule has 0 aliphatic rings. The van der Waals surface area contributed by atoms with Crippen molar-refractivity contribution in [3.05, 3.63) is 35.6 Å². The molecule has 3 atom stereocenters. The fourth-order valence-corrected chi connectivity index (χ4v) is 1.96. The summed E-state index contributed by atoms with van der Waals surface area (Å²) in [6, 6.07) is 6.40. The predicted molar refractivity (Wildman–Crippen MR) is 72.9 cm³/mol. The fraction of sp³-hybridized carbons (Fsp3) is 0.600. The van der Waals surface area contributed by atoms with E-state index in [1.165, 1.54) is 12.1 Å². The van der Waals surface area contributed by atoms with Crippen LogP contribution in [0.5, 0.6) is 0 Å². The second-order valence-corrected chi connectivity index (χ2v) is 5.24. The van der Waals surface area contributed by atoms with Crippen molar-refractivity contribution in [2.75, 3.05) is 0 Å². The molecule has 102 valence electrons. The SMILES string of the molecule is CCC(C)NC(C(C)C)C(O)c1ccc(F)cc1. The number of halogens is 1. The molecule has 0 aliphatic carbocycles. The maximum atomic E-state index is 12.9. The van der Waals surface area contributed by atoms with Crippen LogP contribution < -0.4 is 5.32 Å². The van der Waals surface area contributed by atoms with Crippen LogP contribution in [-0.4, -0.2) is 17.2 Å². The quantitative estimate of drug-likeness (QED) is 0.815. The van der Waals surface area contributed by atoms with E-state index in [2.05, 4.69) is 33.0 Å². The van der Waals surface area contributed by atoms with Gasteiger partial charge in [-0.25, -0.2) is 4.39 Å². The van der Waals surface area contributed by atoms with Crippen LogP contribution >= 0.6 is 0 Å².